The fourth-order valence-electron chi connectivity index (χ4n) is 1.63. The highest BCUT2D eigenvalue weighted by Crippen LogP contribution is 2.30. The average Bonchev–Trinajstić information content (AvgIpc) is 2.31. The third kappa shape index (κ3) is 2.13. The number of phenolic OH excluding ortho intramolecular Hbond substituents is 1. The van der Waals surface area contributed by atoms with Crippen LogP contribution in [-0.4, -0.2) is 11.1 Å². The first-order valence-electron chi connectivity index (χ1n) is 5.18. The number of rotatable bonds is 2. The molecule has 3 heteroatoms. The molecule has 2 rings (SSSR count). The third-order valence-electron chi connectivity index (χ3n) is 2.53. The van der Waals surface area contributed by atoms with E-state index in [0.29, 0.717) is 5.75 Å². The van der Waals surface area contributed by atoms with Crippen LogP contribution in [0, 0.1) is 6.92 Å². The molecule has 0 atom stereocenters. The smallest absolute Gasteiger partial charge is 0.335 e. The Morgan fingerprint density at radius 2 is 2.18 bits per heavy atom. The molecule has 0 aliphatic rings. The molecule has 2 aromatic carbocycles. The Bertz CT molecular complexity index is 600. The fourth-order valence-corrected chi connectivity index (χ4v) is 1.63. The van der Waals surface area contributed by atoms with Crippen LogP contribution in [-0.2, 0) is 4.79 Å². The molecule has 0 heterocycles. The molecule has 0 unspecified atom stereocenters. The summed E-state index contributed by atoms with van der Waals surface area (Å²) in [5, 5.41) is 11.2. The van der Waals surface area contributed by atoms with Crippen LogP contribution < -0.4 is 4.74 Å². The summed E-state index contributed by atoms with van der Waals surface area (Å²) in [7, 11) is 0. The molecule has 86 valence electrons. The maximum Gasteiger partial charge on any atom is 0.335 e. The van der Waals surface area contributed by atoms with Crippen LogP contribution in [0.2, 0.25) is 0 Å². The molecule has 0 saturated carbocycles. The van der Waals surface area contributed by atoms with Gasteiger partial charge >= 0.3 is 5.97 Å². The van der Waals surface area contributed by atoms with Gasteiger partial charge in [-0.05, 0) is 36.1 Å². The second kappa shape index (κ2) is 4.29. The van der Waals surface area contributed by atoms with E-state index < -0.39 is 5.97 Å². The quantitative estimate of drug-likeness (QED) is 0.488. The summed E-state index contributed by atoms with van der Waals surface area (Å²) >= 11 is 0. The molecular weight excluding hydrogens is 216 g/mol. The lowest BCUT2D eigenvalue weighted by Crippen LogP contribution is -2.03. The highest BCUT2D eigenvalue weighted by atomic mass is 16.5. The number of carbonyl (C=O) groups excluding carboxylic acids is 1. The maximum atomic E-state index is 11.2. The number of aryl methyl sites for hydroxylation is 1. The van der Waals surface area contributed by atoms with Crippen LogP contribution in [0.1, 0.15) is 5.56 Å². The molecule has 0 aromatic heterocycles. The summed E-state index contributed by atoms with van der Waals surface area (Å²) in [5.41, 5.74) is 0.736. The minimum atomic E-state index is -0.497. The summed E-state index contributed by atoms with van der Waals surface area (Å²) < 4.78 is 5.13. The maximum absolute atomic E-state index is 11.2. The van der Waals surface area contributed by atoms with Crippen molar-refractivity contribution in [3.63, 3.8) is 0 Å². The largest absolute Gasteiger partial charge is 0.508 e. The molecule has 0 fully saturated rings. The second-order valence-corrected chi connectivity index (χ2v) is 3.74. The monoisotopic (exact) mass is 228 g/mol. The molecule has 0 spiro atoms. The minimum absolute atomic E-state index is 0.227. The number of ether oxygens (including phenoxy) is 1. The van der Waals surface area contributed by atoms with Crippen LogP contribution in [0.5, 0.6) is 11.5 Å². The van der Waals surface area contributed by atoms with Crippen molar-refractivity contribution in [3.05, 3.63) is 48.6 Å². The van der Waals surface area contributed by atoms with Gasteiger partial charge < -0.3 is 9.84 Å². The first-order valence-corrected chi connectivity index (χ1v) is 5.18. The fraction of sp³-hybridized carbons (Fsp3) is 0.0714. The number of hydrogen-bond donors (Lipinski definition) is 1. The van der Waals surface area contributed by atoms with Gasteiger partial charge in [-0.1, -0.05) is 18.7 Å². The van der Waals surface area contributed by atoms with Crippen molar-refractivity contribution < 1.29 is 14.6 Å². The second-order valence-electron chi connectivity index (χ2n) is 3.74. The van der Waals surface area contributed by atoms with Crippen molar-refractivity contribution >= 4 is 16.7 Å². The Morgan fingerprint density at radius 1 is 1.41 bits per heavy atom. The molecule has 0 bridgehead atoms. The lowest BCUT2D eigenvalue weighted by molar-refractivity contribution is -0.128. The molecular formula is C14H12O3. The van der Waals surface area contributed by atoms with Crippen LogP contribution >= 0.6 is 0 Å². The Hall–Kier alpha value is -2.29. The summed E-state index contributed by atoms with van der Waals surface area (Å²) in [4.78, 5) is 11.2. The highest BCUT2D eigenvalue weighted by molar-refractivity contribution is 5.93. The number of hydrogen-bond acceptors (Lipinski definition) is 3. The van der Waals surface area contributed by atoms with E-state index in [1.165, 1.54) is 0 Å². The Balaban J connectivity index is 2.60. The van der Waals surface area contributed by atoms with Crippen LogP contribution in [0.3, 0.4) is 0 Å². The van der Waals surface area contributed by atoms with Crippen LogP contribution in [0.25, 0.3) is 10.8 Å². The molecule has 0 aliphatic carbocycles. The summed E-state index contributed by atoms with van der Waals surface area (Å²) in [6.07, 6.45) is 1.12. The van der Waals surface area contributed by atoms with E-state index in [9.17, 15) is 9.90 Å². The van der Waals surface area contributed by atoms with E-state index in [-0.39, 0.29) is 5.75 Å². The molecule has 0 saturated heterocycles. The number of fused-ring (bicyclic) bond motifs is 1. The Kier molecular flexibility index (Phi) is 2.83. The molecule has 0 radical (unpaired) electrons. The Labute approximate surface area is 99.0 Å². The zero-order valence-electron chi connectivity index (χ0n) is 9.43. The number of carbonyl (C=O) groups is 1. The lowest BCUT2D eigenvalue weighted by atomic mass is 10.1. The molecule has 3 nitrogen and oxygen atoms in total. The van der Waals surface area contributed by atoms with Crippen molar-refractivity contribution in [2.45, 2.75) is 6.92 Å². The minimum Gasteiger partial charge on any atom is -0.508 e. The van der Waals surface area contributed by atoms with Gasteiger partial charge in [0.05, 0.1) is 0 Å². The van der Waals surface area contributed by atoms with Gasteiger partial charge in [-0.15, -0.1) is 0 Å². The van der Waals surface area contributed by atoms with Gasteiger partial charge in [0.2, 0.25) is 0 Å². The standard InChI is InChI=1S/C14H12O3/c1-3-14(16)17-13-6-4-5-10-8-12(15)9(2)7-11(10)13/h3-8,15H,1H2,2H3. The van der Waals surface area contributed by atoms with Crippen molar-refractivity contribution in [1.82, 2.24) is 0 Å². The topological polar surface area (TPSA) is 46.5 Å². The number of aromatic hydroxyl groups is 1. The van der Waals surface area contributed by atoms with Crippen LogP contribution in [0.4, 0.5) is 0 Å². The third-order valence-corrected chi connectivity index (χ3v) is 2.53. The first-order chi connectivity index (χ1) is 8.11. The van der Waals surface area contributed by atoms with Gasteiger partial charge in [-0.3, -0.25) is 0 Å². The Morgan fingerprint density at radius 3 is 2.88 bits per heavy atom. The van der Waals surface area contributed by atoms with E-state index in [2.05, 4.69) is 6.58 Å². The summed E-state index contributed by atoms with van der Waals surface area (Å²) in [6.45, 7) is 5.15. The SMILES string of the molecule is C=CC(=O)Oc1cccc2cc(O)c(C)cc12. The first kappa shape index (κ1) is 11.2. The number of benzene rings is 2. The van der Waals surface area contributed by atoms with Crippen molar-refractivity contribution in [3.8, 4) is 11.5 Å². The van der Waals surface area contributed by atoms with Gasteiger partial charge in [0, 0.05) is 11.5 Å². The van der Waals surface area contributed by atoms with Gasteiger partial charge in [-0.2, -0.15) is 0 Å². The zero-order chi connectivity index (χ0) is 12.4. The molecule has 0 amide bonds. The molecule has 1 N–H and O–H groups in total. The average molecular weight is 228 g/mol. The number of phenols is 1. The molecule has 17 heavy (non-hydrogen) atoms. The predicted molar refractivity (Wildman–Crippen MR) is 66.2 cm³/mol. The molecule has 2 aromatic rings. The molecule has 0 aliphatic heterocycles. The van der Waals surface area contributed by atoms with Crippen molar-refractivity contribution in [1.29, 1.82) is 0 Å². The van der Waals surface area contributed by atoms with E-state index >= 15 is 0 Å². The normalized spacial score (nSPS) is 10.2. The van der Waals surface area contributed by atoms with E-state index in [1.54, 1.807) is 31.2 Å². The summed E-state index contributed by atoms with van der Waals surface area (Å²) in [6, 6.07) is 8.76. The lowest BCUT2D eigenvalue weighted by Gasteiger charge is -2.08. The predicted octanol–water partition coefficient (Wildman–Crippen LogP) is 2.95. The highest BCUT2D eigenvalue weighted by Gasteiger charge is 2.07. The van der Waals surface area contributed by atoms with Gasteiger partial charge in [0.25, 0.3) is 0 Å². The van der Waals surface area contributed by atoms with E-state index in [4.69, 9.17) is 4.74 Å². The van der Waals surface area contributed by atoms with E-state index in [1.807, 2.05) is 6.07 Å². The van der Waals surface area contributed by atoms with Crippen molar-refractivity contribution in [2.24, 2.45) is 0 Å². The van der Waals surface area contributed by atoms with Crippen LogP contribution in [0.15, 0.2) is 43.0 Å². The van der Waals surface area contributed by atoms with Gasteiger partial charge in [-0.25, -0.2) is 4.79 Å². The zero-order valence-corrected chi connectivity index (χ0v) is 9.43. The number of esters is 1. The van der Waals surface area contributed by atoms with Gasteiger partial charge in [0.15, 0.2) is 0 Å². The summed E-state index contributed by atoms with van der Waals surface area (Å²) in [5.74, 6) is 0.198. The van der Waals surface area contributed by atoms with E-state index in [0.717, 1.165) is 22.4 Å². The van der Waals surface area contributed by atoms with Gasteiger partial charge in [0.1, 0.15) is 11.5 Å². The van der Waals surface area contributed by atoms with Crippen molar-refractivity contribution in [2.75, 3.05) is 0 Å².